The van der Waals surface area contributed by atoms with E-state index in [0.717, 1.165) is 22.4 Å². The summed E-state index contributed by atoms with van der Waals surface area (Å²) in [6.45, 7) is 5.76. The zero-order chi connectivity index (χ0) is 37.6. The number of carbonyl (C=O) groups is 3. The number of nitrogens with one attached hydrogen (secondary N) is 1. The Balaban J connectivity index is 1.21. The fourth-order valence-corrected chi connectivity index (χ4v) is 8.60. The summed E-state index contributed by atoms with van der Waals surface area (Å²) < 4.78 is 42.6. The highest BCUT2D eigenvalue weighted by Crippen LogP contribution is 2.67. The maximum Gasteiger partial charge on any atom is 0.435 e. The van der Waals surface area contributed by atoms with Crippen LogP contribution in [0.15, 0.2) is 36.4 Å². The normalized spacial score (nSPS) is 21.8. The SMILES string of the molecule is COc1ccc2c(c1)[C@]1(C[C@H]1c1ccc3c(Nc4nc(C5CC5)nc(N5CCS(=O)(=O)CC5)c4OC)nn(C(=O)OC(C)(C)C)c3c1)C(=O)N2C(=O)O. The smallest absolute Gasteiger partial charge is 0.435 e. The first-order chi connectivity index (χ1) is 25.1. The van der Waals surface area contributed by atoms with Gasteiger partial charge in [0.15, 0.2) is 27.3 Å². The van der Waals surface area contributed by atoms with Crippen LogP contribution in [0.5, 0.6) is 11.5 Å². The van der Waals surface area contributed by atoms with Gasteiger partial charge in [-0.3, -0.25) is 4.79 Å². The first kappa shape index (κ1) is 34.6. The lowest BCUT2D eigenvalue weighted by Gasteiger charge is -2.29. The van der Waals surface area contributed by atoms with Crippen molar-refractivity contribution in [3.8, 4) is 11.5 Å². The summed E-state index contributed by atoms with van der Waals surface area (Å²) >= 11 is 0. The van der Waals surface area contributed by atoms with Crippen LogP contribution in [0.25, 0.3) is 10.9 Å². The molecule has 3 fully saturated rings. The number of sulfone groups is 1. The Kier molecular flexibility index (Phi) is 7.87. The van der Waals surface area contributed by atoms with E-state index in [1.165, 1.54) is 14.2 Å². The van der Waals surface area contributed by atoms with Gasteiger partial charge in [-0.1, -0.05) is 6.07 Å². The molecule has 2 aromatic carbocycles. The number of nitrogens with zero attached hydrogens (tertiary/aromatic N) is 6. The molecule has 1 saturated heterocycles. The van der Waals surface area contributed by atoms with Crippen molar-refractivity contribution >= 4 is 62.0 Å². The lowest BCUT2D eigenvalue weighted by atomic mass is 9.91. The van der Waals surface area contributed by atoms with Gasteiger partial charge in [-0.2, -0.15) is 4.68 Å². The minimum atomic E-state index is -3.15. The Morgan fingerprint density at radius 2 is 1.74 bits per heavy atom. The Morgan fingerprint density at radius 1 is 1.00 bits per heavy atom. The fraction of sp³-hybridized carbons (Fsp3) is 0.444. The maximum atomic E-state index is 13.8. The fourth-order valence-electron chi connectivity index (χ4n) is 7.40. The molecule has 2 saturated carbocycles. The van der Waals surface area contributed by atoms with Crippen LogP contribution in [0.1, 0.15) is 68.8 Å². The van der Waals surface area contributed by atoms with Gasteiger partial charge in [-0.05, 0) is 81.5 Å². The third-order valence-corrected chi connectivity index (χ3v) is 11.8. The van der Waals surface area contributed by atoms with Gasteiger partial charge >= 0.3 is 12.2 Å². The number of carboxylic acid groups (broad SMARTS) is 1. The van der Waals surface area contributed by atoms with E-state index in [0.29, 0.717) is 63.1 Å². The Hall–Kier alpha value is -5.45. The molecule has 278 valence electrons. The van der Waals surface area contributed by atoms with Gasteiger partial charge in [0, 0.05) is 30.3 Å². The van der Waals surface area contributed by atoms with Gasteiger partial charge in [0.05, 0.1) is 42.3 Å². The third-order valence-electron chi connectivity index (χ3n) is 10.2. The second-order valence-electron chi connectivity index (χ2n) is 14.9. The molecule has 2 atom stereocenters. The van der Waals surface area contributed by atoms with Gasteiger partial charge in [-0.25, -0.2) is 32.9 Å². The number of imide groups is 1. The molecule has 2 amide bonds. The summed E-state index contributed by atoms with van der Waals surface area (Å²) in [7, 11) is -0.154. The average molecular weight is 746 g/mol. The highest BCUT2D eigenvalue weighted by Gasteiger charge is 2.68. The third kappa shape index (κ3) is 5.86. The van der Waals surface area contributed by atoms with E-state index in [1.807, 2.05) is 11.0 Å². The van der Waals surface area contributed by atoms with Crippen LogP contribution in [0, 0.1) is 0 Å². The number of aromatic nitrogens is 4. The average Bonchev–Trinajstić information content (AvgIpc) is 4.03. The van der Waals surface area contributed by atoms with E-state index in [1.54, 1.807) is 51.1 Å². The van der Waals surface area contributed by atoms with Crippen LogP contribution in [-0.4, -0.2) is 95.8 Å². The van der Waals surface area contributed by atoms with Crippen molar-refractivity contribution in [3.05, 3.63) is 53.3 Å². The van der Waals surface area contributed by atoms with Gasteiger partial charge in [0.2, 0.25) is 11.7 Å². The van der Waals surface area contributed by atoms with Gasteiger partial charge < -0.3 is 29.5 Å². The van der Waals surface area contributed by atoms with Gasteiger partial charge in [0.1, 0.15) is 17.2 Å². The molecule has 1 spiro atoms. The molecule has 2 aromatic heterocycles. The first-order valence-electron chi connectivity index (χ1n) is 17.3. The number of carbonyl (C=O) groups excluding carboxylic acids is 2. The number of hydrogen-bond donors (Lipinski definition) is 2. The van der Waals surface area contributed by atoms with E-state index in [-0.39, 0.29) is 36.3 Å². The molecule has 0 bridgehead atoms. The summed E-state index contributed by atoms with van der Waals surface area (Å²) in [4.78, 5) is 52.1. The van der Waals surface area contributed by atoms with E-state index < -0.39 is 44.9 Å². The maximum absolute atomic E-state index is 13.8. The highest BCUT2D eigenvalue weighted by molar-refractivity contribution is 7.91. The van der Waals surface area contributed by atoms with Crippen molar-refractivity contribution < 1.29 is 42.1 Å². The van der Waals surface area contributed by atoms with Crippen LogP contribution >= 0.6 is 0 Å². The number of amides is 2. The van der Waals surface area contributed by atoms with Crippen LogP contribution in [0.2, 0.25) is 0 Å². The second kappa shape index (κ2) is 12.0. The van der Waals surface area contributed by atoms with Crippen molar-refractivity contribution in [2.75, 3.05) is 53.9 Å². The molecule has 8 rings (SSSR count). The van der Waals surface area contributed by atoms with E-state index in [4.69, 9.17) is 24.2 Å². The summed E-state index contributed by atoms with van der Waals surface area (Å²) in [5.74, 6) is 1.68. The topological polar surface area (TPSA) is 195 Å². The second-order valence-corrected chi connectivity index (χ2v) is 17.2. The molecular formula is C36H39N7O9S. The lowest BCUT2D eigenvalue weighted by Crippen LogP contribution is -2.41. The number of methoxy groups -OCH3 is 2. The van der Waals surface area contributed by atoms with E-state index >= 15 is 0 Å². The van der Waals surface area contributed by atoms with Gasteiger partial charge in [0.25, 0.3) is 0 Å². The molecule has 2 N–H and O–H groups in total. The molecule has 17 heteroatoms. The Bertz CT molecular complexity index is 2320. The number of anilines is 4. The molecule has 2 aliphatic heterocycles. The van der Waals surface area contributed by atoms with Crippen LogP contribution < -0.4 is 24.6 Å². The summed E-state index contributed by atoms with van der Waals surface area (Å²) in [6, 6.07) is 10.3. The summed E-state index contributed by atoms with van der Waals surface area (Å²) in [6.07, 6.45) is 0.105. The first-order valence-corrected chi connectivity index (χ1v) is 19.2. The molecule has 0 radical (unpaired) electrons. The number of rotatable bonds is 7. The summed E-state index contributed by atoms with van der Waals surface area (Å²) in [5.41, 5.74) is 0.0113. The minimum absolute atomic E-state index is 0.00368. The molecule has 0 unspecified atom stereocenters. The highest BCUT2D eigenvalue weighted by atomic mass is 32.2. The molecule has 4 aromatic rings. The largest absolute Gasteiger partial charge is 0.497 e. The predicted molar refractivity (Wildman–Crippen MR) is 194 cm³/mol. The molecular weight excluding hydrogens is 707 g/mol. The van der Waals surface area contributed by atoms with Crippen molar-refractivity contribution in [1.82, 2.24) is 19.7 Å². The zero-order valence-electron chi connectivity index (χ0n) is 29.9. The van der Waals surface area contributed by atoms with Gasteiger partial charge in [-0.15, -0.1) is 5.10 Å². The van der Waals surface area contributed by atoms with E-state index in [9.17, 15) is 27.9 Å². The number of ether oxygens (including phenoxy) is 3. The lowest BCUT2D eigenvalue weighted by molar-refractivity contribution is -0.119. The predicted octanol–water partition coefficient (Wildman–Crippen LogP) is 4.93. The zero-order valence-corrected chi connectivity index (χ0v) is 30.7. The molecule has 2 aliphatic carbocycles. The Morgan fingerprint density at radius 3 is 2.38 bits per heavy atom. The number of fused-ring (bicyclic) bond motifs is 3. The number of benzene rings is 2. The number of hydrogen-bond acceptors (Lipinski definition) is 13. The molecule has 53 heavy (non-hydrogen) atoms. The van der Waals surface area contributed by atoms with Crippen molar-refractivity contribution in [1.29, 1.82) is 0 Å². The monoisotopic (exact) mass is 745 g/mol. The minimum Gasteiger partial charge on any atom is -0.497 e. The Labute approximate surface area is 304 Å². The van der Waals surface area contributed by atoms with Crippen molar-refractivity contribution in [3.63, 3.8) is 0 Å². The van der Waals surface area contributed by atoms with Crippen LogP contribution in [0.3, 0.4) is 0 Å². The summed E-state index contributed by atoms with van der Waals surface area (Å²) in [5, 5.41) is 18.5. The van der Waals surface area contributed by atoms with Crippen LogP contribution in [0.4, 0.5) is 32.7 Å². The molecule has 4 heterocycles. The molecule has 16 nitrogen and oxygen atoms in total. The van der Waals surface area contributed by atoms with E-state index in [2.05, 4.69) is 10.4 Å². The standard InChI is InChI=1S/C36H39N7O9S/c1-35(2,3)52-34(47)43-26-16-20(24-18-36(24)23-17-21(50-4)9-11-25(23)42(32(36)44)33(45)46)8-10-22(26)29(40-43)38-30-27(51-5)31(39-28(37-30)19-6-7-19)41-12-14-53(48,49)15-13-41/h8-11,16-17,19,24H,6-7,12-15,18H2,1-5H3,(H,45,46)(H,37,38,39,40)/t24-,36-/m0/s1. The van der Waals surface area contributed by atoms with Crippen molar-refractivity contribution in [2.45, 2.75) is 62.9 Å². The van der Waals surface area contributed by atoms with Crippen molar-refractivity contribution in [2.24, 2.45) is 0 Å². The van der Waals surface area contributed by atoms with Crippen LogP contribution in [-0.2, 0) is 24.8 Å². The quantitative estimate of drug-likeness (QED) is 0.258. The molecule has 4 aliphatic rings.